The van der Waals surface area contributed by atoms with E-state index in [9.17, 15) is 4.39 Å². The van der Waals surface area contributed by atoms with E-state index in [0.717, 1.165) is 10.0 Å². The molecule has 0 bridgehead atoms. The Bertz CT molecular complexity index is 540. The number of hydrogen-bond donors (Lipinski definition) is 1. The topological polar surface area (TPSA) is 38.9 Å². The maximum absolute atomic E-state index is 13.2. The first-order chi connectivity index (χ1) is 8.01. The molecule has 0 aliphatic rings. The highest BCUT2D eigenvalue weighted by Crippen LogP contribution is 2.31. The lowest BCUT2D eigenvalue weighted by Gasteiger charge is -2.26. The number of nitrogens with two attached hydrogens (primary N) is 1. The van der Waals surface area contributed by atoms with Crippen LogP contribution < -0.4 is 5.73 Å². The fraction of sp³-hybridized carbons (Fsp3) is 0.154. The molecule has 0 radical (unpaired) electrons. The Balaban J connectivity index is 2.53. The number of rotatable bonds is 2. The lowest BCUT2D eigenvalue weighted by Crippen LogP contribution is -2.34. The molecular formula is C13H12BrFN2. The van der Waals surface area contributed by atoms with E-state index < -0.39 is 5.54 Å². The van der Waals surface area contributed by atoms with Crippen molar-refractivity contribution in [3.05, 3.63) is 64.1 Å². The molecule has 1 aromatic carbocycles. The van der Waals surface area contributed by atoms with Crippen LogP contribution in [0.2, 0.25) is 0 Å². The number of hydrogen-bond acceptors (Lipinski definition) is 2. The third kappa shape index (κ3) is 2.37. The predicted molar refractivity (Wildman–Crippen MR) is 69.0 cm³/mol. The Morgan fingerprint density at radius 1 is 1.29 bits per heavy atom. The van der Waals surface area contributed by atoms with E-state index in [1.807, 2.05) is 31.2 Å². The molecule has 0 spiro atoms. The Hall–Kier alpha value is -1.26. The van der Waals surface area contributed by atoms with E-state index in [4.69, 9.17) is 5.73 Å². The van der Waals surface area contributed by atoms with Crippen LogP contribution in [0.1, 0.15) is 18.1 Å². The average Bonchev–Trinajstić information content (AvgIpc) is 2.29. The van der Waals surface area contributed by atoms with Crippen LogP contribution in [0.25, 0.3) is 0 Å². The molecule has 0 amide bonds. The van der Waals surface area contributed by atoms with Gasteiger partial charge in [0, 0.05) is 10.7 Å². The van der Waals surface area contributed by atoms with Crippen molar-refractivity contribution in [3.8, 4) is 0 Å². The van der Waals surface area contributed by atoms with Crippen molar-refractivity contribution in [2.75, 3.05) is 0 Å². The zero-order valence-electron chi connectivity index (χ0n) is 9.32. The van der Waals surface area contributed by atoms with Crippen molar-refractivity contribution >= 4 is 15.9 Å². The summed E-state index contributed by atoms with van der Waals surface area (Å²) in [5, 5.41) is 0. The largest absolute Gasteiger partial charge is 0.318 e. The summed E-state index contributed by atoms with van der Waals surface area (Å²) in [4.78, 5) is 3.84. The summed E-state index contributed by atoms with van der Waals surface area (Å²) in [6, 6.07) is 9.04. The molecule has 0 fully saturated rings. The average molecular weight is 295 g/mol. The maximum atomic E-state index is 13.2. The van der Waals surface area contributed by atoms with Gasteiger partial charge in [0.1, 0.15) is 5.82 Å². The second-order valence-corrected chi connectivity index (χ2v) is 4.93. The van der Waals surface area contributed by atoms with Gasteiger partial charge in [0.2, 0.25) is 0 Å². The van der Waals surface area contributed by atoms with Crippen LogP contribution in [-0.2, 0) is 5.54 Å². The zero-order chi connectivity index (χ0) is 12.5. The standard InChI is InChI=1S/C13H12BrFN2/c1-13(16,9-6-10(15)8-17-7-9)11-4-2-3-5-12(11)14/h2-8H,16H2,1H3. The van der Waals surface area contributed by atoms with Gasteiger partial charge in [-0.2, -0.15) is 0 Å². The lowest BCUT2D eigenvalue weighted by atomic mass is 9.87. The molecule has 0 aliphatic heterocycles. The molecule has 1 atom stereocenters. The van der Waals surface area contributed by atoms with Gasteiger partial charge in [-0.05, 0) is 30.2 Å². The molecule has 1 aromatic heterocycles. The van der Waals surface area contributed by atoms with Crippen molar-refractivity contribution in [2.45, 2.75) is 12.5 Å². The van der Waals surface area contributed by atoms with Gasteiger partial charge in [-0.1, -0.05) is 34.1 Å². The highest BCUT2D eigenvalue weighted by molar-refractivity contribution is 9.10. The molecule has 0 saturated heterocycles. The first kappa shape index (κ1) is 12.2. The number of pyridine rings is 1. The van der Waals surface area contributed by atoms with Crippen molar-refractivity contribution in [1.82, 2.24) is 4.98 Å². The number of nitrogens with zero attached hydrogens (tertiary/aromatic N) is 1. The molecule has 1 heterocycles. The molecule has 2 aromatic rings. The van der Waals surface area contributed by atoms with Crippen LogP contribution in [0.5, 0.6) is 0 Å². The fourth-order valence-corrected chi connectivity index (χ4v) is 2.43. The molecule has 2 N–H and O–H groups in total. The molecule has 2 rings (SSSR count). The molecule has 17 heavy (non-hydrogen) atoms. The molecular weight excluding hydrogens is 283 g/mol. The lowest BCUT2D eigenvalue weighted by molar-refractivity contribution is 0.573. The van der Waals surface area contributed by atoms with E-state index in [2.05, 4.69) is 20.9 Å². The number of benzene rings is 1. The Morgan fingerprint density at radius 3 is 2.65 bits per heavy atom. The number of halogens is 2. The van der Waals surface area contributed by atoms with Crippen molar-refractivity contribution in [3.63, 3.8) is 0 Å². The summed E-state index contributed by atoms with van der Waals surface area (Å²) in [5.41, 5.74) is 7.05. The highest BCUT2D eigenvalue weighted by Gasteiger charge is 2.26. The third-order valence-electron chi connectivity index (χ3n) is 2.74. The van der Waals surface area contributed by atoms with Gasteiger partial charge in [0.15, 0.2) is 0 Å². The van der Waals surface area contributed by atoms with E-state index in [-0.39, 0.29) is 5.82 Å². The van der Waals surface area contributed by atoms with Crippen LogP contribution in [-0.4, -0.2) is 4.98 Å². The second kappa shape index (κ2) is 4.55. The van der Waals surface area contributed by atoms with Crippen molar-refractivity contribution < 1.29 is 4.39 Å². The summed E-state index contributed by atoms with van der Waals surface area (Å²) < 4.78 is 14.1. The fourth-order valence-electron chi connectivity index (χ4n) is 1.73. The van der Waals surface area contributed by atoms with Gasteiger partial charge in [0.05, 0.1) is 11.7 Å². The summed E-state index contributed by atoms with van der Waals surface area (Å²) in [6.45, 7) is 1.84. The second-order valence-electron chi connectivity index (χ2n) is 4.07. The van der Waals surface area contributed by atoms with Gasteiger partial charge in [0.25, 0.3) is 0 Å². The Morgan fingerprint density at radius 2 is 2.00 bits per heavy atom. The minimum Gasteiger partial charge on any atom is -0.318 e. The van der Waals surface area contributed by atoms with Crippen LogP contribution in [0, 0.1) is 5.82 Å². The molecule has 0 saturated carbocycles. The van der Waals surface area contributed by atoms with Gasteiger partial charge in [-0.15, -0.1) is 0 Å². The van der Waals surface area contributed by atoms with Crippen LogP contribution >= 0.6 is 15.9 Å². The first-order valence-corrected chi connectivity index (χ1v) is 5.96. The molecule has 4 heteroatoms. The summed E-state index contributed by atoms with van der Waals surface area (Å²) in [6.07, 6.45) is 2.75. The van der Waals surface area contributed by atoms with E-state index in [1.54, 1.807) is 6.20 Å². The zero-order valence-corrected chi connectivity index (χ0v) is 10.9. The Labute approximate surface area is 108 Å². The van der Waals surface area contributed by atoms with Crippen molar-refractivity contribution in [2.24, 2.45) is 5.73 Å². The highest BCUT2D eigenvalue weighted by atomic mass is 79.9. The third-order valence-corrected chi connectivity index (χ3v) is 3.43. The molecule has 2 nitrogen and oxygen atoms in total. The normalized spacial score (nSPS) is 14.4. The van der Waals surface area contributed by atoms with E-state index >= 15 is 0 Å². The minimum absolute atomic E-state index is 0.383. The maximum Gasteiger partial charge on any atom is 0.141 e. The minimum atomic E-state index is -0.783. The Kier molecular flexibility index (Phi) is 3.26. The summed E-state index contributed by atoms with van der Waals surface area (Å²) in [5.74, 6) is -0.383. The first-order valence-electron chi connectivity index (χ1n) is 5.17. The van der Waals surface area contributed by atoms with Crippen molar-refractivity contribution in [1.29, 1.82) is 0 Å². The van der Waals surface area contributed by atoms with Crippen LogP contribution in [0.3, 0.4) is 0 Å². The van der Waals surface area contributed by atoms with E-state index in [1.165, 1.54) is 12.3 Å². The van der Waals surface area contributed by atoms with Gasteiger partial charge in [-0.25, -0.2) is 4.39 Å². The quantitative estimate of drug-likeness (QED) is 0.924. The monoisotopic (exact) mass is 294 g/mol. The SMILES string of the molecule is CC(N)(c1cncc(F)c1)c1ccccc1Br. The van der Waals surface area contributed by atoms with E-state index in [0.29, 0.717) is 5.56 Å². The smallest absolute Gasteiger partial charge is 0.141 e. The number of aromatic nitrogens is 1. The molecule has 1 unspecified atom stereocenters. The molecule has 88 valence electrons. The molecule has 0 aliphatic carbocycles. The summed E-state index contributed by atoms with van der Waals surface area (Å²) in [7, 11) is 0. The van der Waals surface area contributed by atoms with Gasteiger partial charge >= 0.3 is 0 Å². The summed E-state index contributed by atoms with van der Waals surface area (Å²) >= 11 is 3.45. The van der Waals surface area contributed by atoms with Gasteiger partial charge < -0.3 is 5.73 Å². The predicted octanol–water partition coefficient (Wildman–Crippen LogP) is 3.21. The van der Waals surface area contributed by atoms with Gasteiger partial charge in [-0.3, -0.25) is 4.98 Å². The van der Waals surface area contributed by atoms with Crippen LogP contribution in [0.15, 0.2) is 47.2 Å². The van der Waals surface area contributed by atoms with Crippen LogP contribution in [0.4, 0.5) is 4.39 Å².